The minimum absolute atomic E-state index is 0.649. The molecule has 106 valence electrons. The molecule has 0 saturated carbocycles. The monoisotopic (exact) mass is 334 g/mol. The summed E-state index contributed by atoms with van der Waals surface area (Å²) in [5, 5.41) is 0. The highest BCUT2D eigenvalue weighted by molar-refractivity contribution is 9.10. The van der Waals surface area contributed by atoms with Gasteiger partial charge in [-0.05, 0) is 49.7 Å². The Kier molecular flexibility index (Phi) is 4.24. The molecule has 0 aliphatic carbocycles. The summed E-state index contributed by atoms with van der Waals surface area (Å²) in [5.41, 5.74) is 6.84. The number of nitrogens with two attached hydrogens (primary N) is 1. The first-order valence-corrected chi connectivity index (χ1v) is 7.81. The summed E-state index contributed by atoms with van der Waals surface area (Å²) >= 11 is 3.45. The number of halogens is 1. The van der Waals surface area contributed by atoms with Crippen LogP contribution in [0.3, 0.4) is 0 Å². The van der Waals surface area contributed by atoms with E-state index < -0.39 is 0 Å². The molecule has 4 heteroatoms. The first-order valence-electron chi connectivity index (χ1n) is 7.01. The van der Waals surface area contributed by atoms with Gasteiger partial charge in [-0.3, -0.25) is 4.90 Å². The van der Waals surface area contributed by atoms with Crippen LogP contribution in [-0.4, -0.2) is 24.5 Å². The van der Waals surface area contributed by atoms with Gasteiger partial charge >= 0.3 is 0 Å². The Morgan fingerprint density at radius 3 is 2.70 bits per heavy atom. The Hall–Kier alpha value is -1.10. The Morgan fingerprint density at radius 1 is 1.20 bits per heavy atom. The van der Waals surface area contributed by atoms with E-state index in [0.29, 0.717) is 5.92 Å². The van der Waals surface area contributed by atoms with E-state index in [1.165, 1.54) is 6.42 Å². The summed E-state index contributed by atoms with van der Waals surface area (Å²) in [5.74, 6) is 2.61. The molecule has 1 aliphatic heterocycles. The van der Waals surface area contributed by atoms with Crippen molar-refractivity contribution in [2.45, 2.75) is 13.0 Å². The first kappa shape index (κ1) is 13.9. The number of rotatable bonds is 4. The van der Waals surface area contributed by atoms with Crippen LogP contribution in [0.15, 0.2) is 45.3 Å². The lowest BCUT2D eigenvalue weighted by atomic mass is 10.1. The van der Waals surface area contributed by atoms with E-state index in [-0.39, 0.29) is 0 Å². The zero-order valence-electron chi connectivity index (χ0n) is 11.4. The Labute approximate surface area is 127 Å². The van der Waals surface area contributed by atoms with Gasteiger partial charge in [0.15, 0.2) is 0 Å². The predicted octanol–water partition coefficient (Wildman–Crippen LogP) is 3.49. The highest BCUT2D eigenvalue weighted by Crippen LogP contribution is 2.25. The average Bonchev–Trinajstić information content (AvgIpc) is 3.09. The summed E-state index contributed by atoms with van der Waals surface area (Å²) in [4.78, 5) is 2.42. The fourth-order valence-corrected chi connectivity index (χ4v) is 2.97. The first-order chi connectivity index (χ1) is 9.74. The molecule has 3 nitrogen and oxygen atoms in total. The van der Waals surface area contributed by atoms with E-state index in [9.17, 15) is 0 Å². The van der Waals surface area contributed by atoms with E-state index in [2.05, 4.69) is 45.1 Å². The number of hydrogen-bond acceptors (Lipinski definition) is 3. The van der Waals surface area contributed by atoms with Gasteiger partial charge in [0, 0.05) is 16.6 Å². The van der Waals surface area contributed by atoms with Crippen LogP contribution in [0, 0.1) is 5.92 Å². The second-order valence-electron chi connectivity index (χ2n) is 5.40. The maximum absolute atomic E-state index is 5.95. The molecule has 3 rings (SSSR count). The van der Waals surface area contributed by atoms with Crippen LogP contribution in [0.1, 0.15) is 12.2 Å². The highest BCUT2D eigenvalue weighted by Gasteiger charge is 2.21. The lowest BCUT2D eigenvalue weighted by Gasteiger charge is -2.13. The standard InChI is InChI=1S/C16H19BrN2O/c17-14-3-1-13(2-4-14)16-6-5-15(20-16)11-19-8-7-12(9-18)10-19/h1-6,12H,7-11,18H2. The van der Waals surface area contributed by atoms with Gasteiger partial charge in [-0.2, -0.15) is 0 Å². The zero-order chi connectivity index (χ0) is 13.9. The second kappa shape index (κ2) is 6.12. The number of nitrogens with zero attached hydrogens (tertiary/aromatic N) is 1. The lowest BCUT2D eigenvalue weighted by molar-refractivity contribution is 0.289. The number of benzene rings is 1. The molecule has 1 fully saturated rings. The normalized spacial score (nSPS) is 19.6. The van der Waals surface area contributed by atoms with Crippen LogP contribution in [-0.2, 0) is 6.54 Å². The van der Waals surface area contributed by atoms with Crippen molar-refractivity contribution >= 4 is 15.9 Å². The molecule has 20 heavy (non-hydrogen) atoms. The second-order valence-corrected chi connectivity index (χ2v) is 6.31. The van der Waals surface area contributed by atoms with Crippen LogP contribution >= 0.6 is 15.9 Å². The lowest BCUT2D eigenvalue weighted by Crippen LogP contribution is -2.22. The zero-order valence-corrected chi connectivity index (χ0v) is 13.0. The summed E-state index contributed by atoms with van der Waals surface area (Å²) in [7, 11) is 0. The van der Waals surface area contributed by atoms with Gasteiger partial charge in [0.2, 0.25) is 0 Å². The van der Waals surface area contributed by atoms with Crippen molar-refractivity contribution in [1.29, 1.82) is 0 Å². The average molecular weight is 335 g/mol. The fourth-order valence-electron chi connectivity index (χ4n) is 2.70. The van der Waals surface area contributed by atoms with Gasteiger partial charge < -0.3 is 10.2 Å². The van der Waals surface area contributed by atoms with Crippen molar-refractivity contribution < 1.29 is 4.42 Å². The maximum Gasteiger partial charge on any atom is 0.134 e. The van der Waals surface area contributed by atoms with Gasteiger partial charge in [-0.1, -0.05) is 28.1 Å². The largest absolute Gasteiger partial charge is 0.460 e. The van der Waals surface area contributed by atoms with Crippen LogP contribution < -0.4 is 5.73 Å². The van der Waals surface area contributed by atoms with Crippen LogP contribution in [0.4, 0.5) is 0 Å². The Bertz CT molecular complexity index is 564. The van der Waals surface area contributed by atoms with Gasteiger partial charge in [0.1, 0.15) is 11.5 Å². The van der Waals surface area contributed by atoms with Crippen molar-refractivity contribution in [3.8, 4) is 11.3 Å². The van der Waals surface area contributed by atoms with Gasteiger partial charge in [-0.25, -0.2) is 0 Å². The van der Waals surface area contributed by atoms with Gasteiger partial charge in [0.05, 0.1) is 6.54 Å². The molecule has 0 bridgehead atoms. The van der Waals surface area contributed by atoms with Crippen molar-refractivity contribution in [3.63, 3.8) is 0 Å². The molecule has 2 N–H and O–H groups in total. The van der Waals surface area contributed by atoms with Crippen molar-refractivity contribution in [3.05, 3.63) is 46.6 Å². The Morgan fingerprint density at radius 2 is 2.00 bits per heavy atom. The molecule has 2 aromatic rings. The van der Waals surface area contributed by atoms with Crippen molar-refractivity contribution in [2.75, 3.05) is 19.6 Å². The quantitative estimate of drug-likeness (QED) is 0.930. The number of hydrogen-bond donors (Lipinski definition) is 1. The Balaban J connectivity index is 1.66. The summed E-state index contributed by atoms with van der Waals surface area (Å²) in [6.07, 6.45) is 1.21. The summed E-state index contributed by atoms with van der Waals surface area (Å²) in [6, 6.07) is 12.3. The fraction of sp³-hybridized carbons (Fsp3) is 0.375. The van der Waals surface area contributed by atoms with E-state index >= 15 is 0 Å². The van der Waals surface area contributed by atoms with Gasteiger partial charge in [-0.15, -0.1) is 0 Å². The van der Waals surface area contributed by atoms with Gasteiger partial charge in [0.25, 0.3) is 0 Å². The topological polar surface area (TPSA) is 42.4 Å². The third-order valence-corrected chi connectivity index (χ3v) is 4.40. The van der Waals surface area contributed by atoms with E-state index in [4.69, 9.17) is 10.2 Å². The molecule has 1 aromatic heterocycles. The highest BCUT2D eigenvalue weighted by atomic mass is 79.9. The molecule has 1 unspecified atom stereocenters. The molecule has 1 atom stereocenters. The minimum atomic E-state index is 0.649. The van der Waals surface area contributed by atoms with E-state index in [1.54, 1.807) is 0 Å². The summed E-state index contributed by atoms with van der Waals surface area (Å²) < 4.78 is 7.03. The molecular weight excluding hydrogens is 316 g/mol. The predicted molar refractivity (Wildman–Crippen MR) is 84.3 cm³/mol. The van der Waals surface area contributed by atoms with Crippen LogP contribution in [0.25, 0.3) is 11.3 Å². The number of likely N-dealkylation sites (tertiary alicyclic amines) is 1. The SMILES string of the molecule is NCC1CCN(Cc2ccc(-c3ccc(Br)cc3)o2)C1. The smallest absolute Gasteiger partial charge is 0.134 e. The third-order valence-electron chi connectivity index (χ3n) is 3.87. The van der Waals surface area contributed by atoms with E-state index in [1.807, 2.05) is 12.1 Å². The van der Waals surface area contributed by atoms with Crippen LogP contribution in [0.5, 0.6) is 0 Å². The maximum atomic E-state index is 5.95. The van der Waals surface area contributed by atoms with Crippen LogP contribution in [0.2, 0.25) is 0 Å². The molecular formula is C16H19BrN2O. The molecule has 1 aliphatic rings. The number of furan rings is 1. The minimum Gasteiger partial charge on any atom is -0.460 e. The molecule has 0 radical (unpaired) electrons. The molecule has 1 saturated heterocycles. The molecule has 0 amide bonds. The van der Waals surface area contributed by atoms with Crippen molar-refractivity contribution in [1.82, 2.24) is 4.90 Å². The molecule has 0 spiro atoms. The van der Waals surface area contributed by atoms with Crippen molar-refractivity contribution in [2.24, 2.45) is 11.7 Å². The summed E-state index contributed by atoms with van der Waals surface area (Å²) in [6.45, 7) is 3.88. The third kappa shape index (κ3) is 3.14. The molecule has 1 aromatic carbocycles. The van der Waals surface area contributed by atoms with E-state index in [0.717, 1.165) is 47.7 Å². The molecule has 2 heterocycles.